The van der Waals surface area contributed by atoms with Gasteiger partial charge in [0.25, 0.3) is 0 Å². The summed E-state index contributed by atoms with van der Waals surface area (Å²) in [6.45, 7) is 0. The van der Waals surface area contributed by atoms with Crippen molar-refractivity contribution in [3.63, 3.8) is 0 Å². The first kappa shape index (κ1) is 12.9. The topological polar surface area (TPSA) is 46.2 Å². The zero-order valence-corrected chi connectivity index (χ0v) is 11.3. The van der Waals surface area contributed by atoms with Crippen LogP contribution in [-0.4, -0.2) is 14.7 Å². The van der Waals surface area contributed by atoms with Gasteiger partial charge in [-0.2, -0.15) is 0 Å². The van der Waals surface area contributed by atoms with Gasteiger partial charge < -0.3 is 0 Å². The molecule has 2 rings (SSSR count). The Labute approximate surface area is 111 Å². The highest BCUT2D eigenvalue weighted by atomic mass is 35.5. The third kappa shape index (κ3) is 3.48. The highest BCUT2D eigenvalue weighted by Crippen LogP contribution is 2.23. The maximum atomic E-state index is 11.1. The van der Waals surface area contributed by atoms with Crippen LogP contribution < -0.4 is 4.72 Å². The summed E-state index contributed by atoms with van der Waals surface area (Å²) in [5, 5.41) is 0.689. The minimum Gasteiger partial charge on any atom is -0.284 e. The van der Waals surface area contributed by atoms with E-state index in [1.54, 1.807) is 12.1 Å². The van der Waals surface area contributed by atoms with Gasteiger partial charge in [-0.25, -0.2) is 8.42 Å². The second-order valence-electron chi connectivity index (χ2n) is 3.96. The van der Waals surface area contributed by atoms with Gasteiger partial charge in [-0.3, -0.25) is 4.72 Å². The highest BCUT2D eigenvalue weighted by Gasteiger charge is 2.02. The first-order valence-electron chi connectivity index (χ1n) is 5.28. The molecule has 5 heteroatoms. The molecule has 0 amide bonds. The van der Waals surface area contributed by atoms with E-state index in [0.29, 0.717) is 10.7 Å². The fourth-order valence-electron chi connectivity index (χ4n) is 1.59. The maximum Gasteiger partial charge on any atom is 0.229 e. The van der Waals surface area contributed by atoms with Crippen molar-refractivity contribution in [2.24, 2.45) is 0 Å². The Morgan fingerprint density at radius 2 is 1.33 bits per heavy atom. The van der Waals surface area contributed by atoms with Gasteiger partial charge in [-0.1, -0.05) is 35.9 Å². The van der Waals surface area contributed by atoms with Gasteiger partial charge in [0.2, 0.25) is 10.0 Å². The van der Waals surface area contributed by atoms with Crippen molar-refractivity contribution >= 4 is 27.3 Å². The lowest BCUT2D eigenvalue weighted by molar-refractivity contribution is 0.607. The highest BCUT2D eigenvalue weighted by molar-refractivity contribution is 7.92. The van der Waals surface area contributed by atoms with Crippen LogP contribution >= 0.6 is 11.6 Å². The van der Waals surface area contributed by atoms with Crippen molar-refractivity contribution in [3.8, 4) is 11.1 Å². The summed E-state index contributed by atoms with van der Waals surface area (Å²) in [4.78, 5) is 0. The molecule has 0 saturated carbocycles. The third-order valence-corrected chi connectivity index (χ3v) is 3.22. The van der Waals surface area contributed by atoms with E-state index in [9.17, 15) is 8.42 Å². The van der Waals surface area contributed by atoms with E-state index in [-0.39, 0.29) is 0 Å². The molecule has 0 heterocycles. The maximum absolute atomic E-state index is 11.1. The van der Waals surface area contributed by atoms with Crippen LogP contribution in [0.1, 0.15) is 0 Å². The zero-order chi connectivity index (χ0) is 13.2. The van der Waals surface area contributed by atoms with Crippen LogP contribution in [0.4, 0.5) is 5.69 Å². The Morgan fingerprint density at radius 1 is 0.889 bits per heavy atom. The number of hydrogen-bond donors (Lipinski definition) is 1. The average molecular weight is 282 g/mol. The zero-order valence-electron chi connectivity index (χ0n) is 9.72. The van der Waals surface area contributed by atoms with Gasteiger partial charge in [0.05, 0.1) is 6.26 Å². The average Bonchev–Trinajstić information content (AvgIpc) is 2.29. The van der Waals surface area contributed by atoms with E-state index in [0.717, 1.165) is 17.4 Å². The summed E-state index contributed by atoms with van der Waals surface area (Å²) in [6.07, 6.45) is 1.13. The molecule has 94 valence electrons. The minimum atomic E-state index is -3.23. The number of anilines is 1. The van der Waals surface area contributed by atoms with E-state index >= 15 is 0 Å². The summed E-state index contributed by atoms with van der Waals surface area (Å²) < 4.78 is 24.6. The largest absolute Gasteiger partial charge is 0.284 e. The van der Waals surface area contributed by atoms with Crippen molar-refractivity contribution in [2.45, 2.75) is 0 Å². The fourth-order valence-corrected chi connectivity index (χ4v) is 2.28. The van der Waals surface area contributed by atoms with E-state index in [1.165, 1.54) is 0 Å². The number of hydrogen-bond acceptors (Lipinski definition) is 2. The van der Waals surface area contributed by atoms with Gasteiger partial charge in [0.15, 0.2) is 0 Å². The molecule has 0 fully saturated rings. The van der Waals surface area contributed by atoms with E-state index in [1.807, 2.05) is 36.4 Å². The molecule has 3 nitrogen and oxygen atoms in total. The van der Waals surface area contributed by atoms with Gasteiger partial charge in [0, 0.05) is 10.7 Å². The van der Waals surface area contributed by atoms with Gasteiger partial charge in [-0.15, -0.1) is 0 Å². The van der Waals surface area contributed by atoms with Crippen LogP contribution in [0.5, 0.6) is 0 Å². The Balaban J connectivity index is 2.25. The van der Waals surface area contributed by atoms with Crippen LogP contribution in [0.3, 0.4) is 0 Å². The number of benzene rings is 2. The molecule has 0 saturated heterocycles. The van der Waals surface area contributed by atoms with Crippen molar-refractivity contribution in [1.29, 1.82) is 0 Å². The molecule has 2 aromatic carbocycles. The molecule has 0 unspecified atom stereocenters. The molecule has 18 heavy (non-hydrogen) atoms. The second-order valence-corrected chi connectivity index (χ2v) is 6.14. The van der Waals surface area contributed by atoms with Gasteiger partial charge in [-0.05, 0) is 35.4 Å². The molecule has 0 aliphatic rings. The fraction of sp³-hybridized carbons (Fsp3) is 0.0769. The van der Waals surface area contributed by atoms with Gasteiger partial charge >= 0.3 is 0 Å². The lowest BCUT2D eigenvalue weighted by Crippen LogP contribution is -2.09. The number of nitrogens with one attached hydrogen (secondary N) is 1. The minimum absolute atomic E-state index is 0.551. The van der Waals surface area contributed by atoms with Crippen molar-refractivity contribution < 1.29 is 8.42 Å². The molecule has 2 aromatic rings. The third-order valence-electron chi connectivity index (χ3n) is 2.37. The Hall–Kier alpha value is -1.52. The SMILES string of the molecule is CS(=O)(=O)Nc1ccc(-c2ccc(Cl)cc2)cc1. The molecular formula is C13H12ClNO2S. The summed E-state index contributed by atoms with van der Waals surface area (Å²) in [6, 6.07) is 14.6. The first-order chi connectivity index (χ1) is 8.44. The Kier molecular flexibility index (Phi) is 3.59. The van der Waals surface area contributed by atoms with Crippen molar-refractivity contribution in [2.75, 3.05) is 11.0 Å². The number of rotatable bonds is 3. The molecule has 0 aliphatic carbocycles. The quantitative estimate of drug-likeness (QED) is 0.937. The molecular weight excluding hydrogens is 270 g/mol. The summed E-state index contributed by atoms with van der Waals surface area (Å²) >= 11 is 5.82. The van der Waals surface area contributed by atoms with Crippen molar-refractivity contribution in [3.05, 3.63) is 53.6 Å². The molecule has 0 atom stereocenters. The van der Waals surface area contributed by atoms with Crippen LogP contribution in [0.15, 0.2) is 48.5 Å². The van der Waals surface area contributed by atoms with Crippen molar-refractivity contribution in [1.82, 2.24) is 0 Å². The predicted octanol–water partition coefficient (Wildman–Crippen LogP) is 3.38. The molecule has 0 aliphatic heterocycles. The number of halogens is 1. The summed E-state index contributed by atoms with van der Waals surface area (Å²) in [7, 11) is -3.23. The van der Waals surface area contributed by atoms with Crippen LogP contribution in [0.25, 0.3) is 11.1 Å². The molecule has 0 spiro atoms. The molecule has 0 bridgehead atoms. The lowest BCUT2D eigenvalue weighted by Gasteiger charge is -2.06. The smallest absolute Gasteiger partial charge is 0.229 e. The predicted molar refractivity (Wildman–Crippen MR) is 75.4 cm³/mol. The Morgan fingerprint density at radius 3 is 1.78 bits per heavy atom. The number of sulfonamides is 1. The standard InChI is InChI=1S/C13H12ClNO2S/c1-18(16,17)15-13-8-4-11(5-9-13)10-2-6-12(14)7-3-10/h2-9,15H,1H3. The molecule has 0 radical (unpaired) electrons. The van der Waals surface area contributed by atoms with Crippen LogP contribution in [0, 0.1) is 0 Å². The van der Waals surface area contributed by atoms with Crippen LogP contribution in [0.2, 0.25) is 5.02 Å². The molecule has 1 N–H and O–H groups in total. The summed E-state index contributed by atoms with van der Waals surface area (Å²) in [5.74, 6) is 0. The van der Waals surface area contributed by atoms with E-state index < -0.39 is 10.0 Å². The van der Waals surface area contributed by atoms with Crippen LogP contribution in [-0.2, 0) is 10.0 Å². The van der Waals surface area contributed by atoms with E-state index in [2.05, 4.69) is 4.72 Å². The lowest BCUT2D eigenvalue weighted by atomic mass is 10.1. The molecule has 0 aromatic heterocycles. The normalized spacial score (nSPS) is 11.2. The Bertz CT molecular complexity index is 634. The monoisotopic (exact) mass is 281 g/mol. The first-order valence-corrected chi connectivity index (χ1v) is 7.55. The van der Waals surface area contributed by atoms with E-state index in [4.69, 9.17) is 11.6 Å². The van der Waals surface area contributed by atoms with Gasteiger partial charge in [0.1, 0.15) is 0 Å². The summed E-state index contributed by atoms with van der Waals surface area (Å²) in [5.41, 5.74) is 2.59. The second kappa shape index (κ2) is 5.00.